The van der Waals surface area contributed by atoms with Gasteiger partial charge in [-0.3, -0.25) is 4.79 Å². The number of hydrogen-bond acceptors (Lipinski definition) is 9. The summed E-state index contributed by atoms with van der Waals surface area (Å²) >= 11 is 0. The number of hydrogen-bond donors (Lipinski definition) is 1. The number of ether oxygens (including phenoxy) is 2. The van der Waals surface area contributed by atoms with Crippen molar-refractivity contribution in [3.63, 3.8) is 0 Å². The van der Waals surface area contributed by atoms with E-state index in [2.05, 4.69) is 21.4 Å². The molecule has 0 saturated carbocycles. The van der Waals surface area contributed by atoms with E-state index < -0.39 is 0 Å². The summed E-state index contributed by atoms with van der Waals surface area (Å²) < 4.78 is 21.7. The third-order valence-corrected chi connectivity index (χ3v) is 5.16. The van der Waals surface area contributed by atoms with Crippen LogP contribution in [0.3, 0.4) is 0 Å². The van der Waals surface area contributed by atoms with Gasteiger partial charge in [0, 0.05) is 32.3 Å². The maximum Gasteiger partial charge on any atom is 0.266 e. The van der Waals surface area contributed by atoms with Gasteiger partial charge in [-0.15, -0.1) is 0 Å². The summed E-state index contributed by atoms with van der Waals surface area (Å²) in [6.07, 6.45) is 4.34. The summed E-state index contributed by atoms with van der Waals surface area (Å²) in [6.45, 7) is 1.89. The first kappa shape index (κ1) is 21.4. The molecule has 0 atom stereocenters. The molecule has 3 aromatic heterocycles. The number of amides is 1. The fraction of sp³-hybridized carbons (Fsp3) is 0.364. The van der Waals surface area contributed by atoms with Gasteiger partial charge in [-0.05, 0) is 37.1 Å². The van der Waals surface area contributed by atoms with Crippen LogP contribution >= 0.6 is 0 Å². The second kappa shape index (κ2) is 9.98. The Labute approximate surface area is 184 Å². The Balaban J connectivity index is 1.37. The molecule has 1 amide bonds. The minimum absolute atomic E-state index is 0.0939. The first-order valence-corrected chi connectivity index (χ1v) is 10.3. The van der Waals surface area contributed by atoms with Crippen molar-refractivity contribution < 1.29 is 23.1 Å². The molecular weight excluding hydrogens is 414 g/mol. The van der Waals surface area contributed by atoms with E-state index in [4.69, 9.17) is 18.3 Å². The molecule has 1 N–H and O–H groups in total. The van der Waals surface area contributed by atoms with Crippen molar-refractivity contribution >= 4 is 17.5 Å². The number of methoxy groups -OCH3 is 1. The maximum absolute atomic E-state index is 12.8. The number of nitrogens with one attached hydrogen (secondary N) is 1. The molecule has 1 saturated heterocycles. The molecule has 0 aliphatic carbocycles. The van der Waals surface area contributed by atoms with Gasteiger partial charge in [-0.25, -0.2) is 4.98 Å². The quantitative estimate of drug-likeness (QED) is 0.529. The number of piperidine rings is 1. The van der Waals surface area contributed by atoms with E-state index in [0.29, 0.717) is 62.4 Å². The van der Waals surface area contributed by atoms with E-state index in [0.717, 1.165) is 0 Å². The van der Waals surface area contributed by atoms with E-state index in [1.165, 1.54) is 6.26 Å². The molecule has 0 radical (unpaired) electrons. The van der Waals surface area contributed by atoms with Crippen molar-refractivity contribution in [1.29, 1.82) is 5.26 Å². The van der Waals surface area contributed by atoms with Gasteiger partial charge in [0.25, 0.3) is 5.89 Å². The molecule has 10 heteroatoms. The van der Waals surface area contributed by atoms with Crippen LogP contribution in [0.4, 0.5) is 11.6 Å². The second-order valence-electron chi connectivity index (χ2n) is 7.21. The van der Waals surface area contributed by atoms with Gasteiger partial charge >= 0.3 is 0 Å². The highest BCUT2D eigenvalue weighted by Gasteiger charge is 2.29. The monoisotopic (exact) mass is 437 g/mol. The predicted octanol–water partition coefficient (Wildman–Crippen LogP) is 3.08. The number of furan rings is 1. The Morgan fingerprint density at radius 1 is 1.31 bits per heavy atom. The van der Waals surface area contributed by atoms with E-state index in [1.54, 1.807) is 37.6 Å². The van der Waals surface area contributed by atoms with Crippen LogP contribution in [0.1, 0.15) is 18.5 Å². The zero-order valence-electron chi connectivity index (χ0n) is 17.6. The number of anilines is 2. The van der Waals surface area contributed by atoms with Crippen molar-refractivity contribution in [3.05, 3.63) is 42.4 Å². The minimum Gasteiger partial charge on any atom is -0.474 e. The SMILES string of the molecule is COCCOc1ncccc1NC(=O)C1CCN(c2oc(-c3ccco3)nc2C#N)CC1. The molecule has 4 heterocycles. The van der Waals surface area contributed by atoms with Crippen LogP contribution in [0.5, 0.6) is 5.88 Å². The van der Waals surface area contributed by atoms with Gasteiger partial charge in [0.15, 0.2) is 5.76 Å². The zero-order chi connectivity index (χ0) is 22.3. The van der Waals surface area contributed by atoms with Crippen molar-refractivity contribution in [2.24, 2.45) is 5.92 Å². The standard InChI is InChI=1S/C22H23N5O5/c1-29-12-13-31-20-16(4-2-8-24-20)25-19(28)15-6-9-27(10-7-15)22-17(14-23)26-21(32-22)18-5-3-11-30-18/h2-5,8,11,15H,6-7,9-10,12-13H2,1H3,(H,25,28). The number of carbonyl (C=O) groups excluding carboxylic acids is 1. The molecule has 32 heavy (non-hydrogen) atoms. The molecule has 10 nitrogen and oxygen atoms in total. The number of oxazole rings is 1. The van der Waals surface area contributed by atoms with Crippen LogP contribution in [-0.4, -0.2) is 49.3 Å². The number of aromatic nitrogens is 2. The third kappa shape index (κ3) is 4.73. The topological polar surface area (TPSA) is 127 Å². The largest absolute Gasteiger partial charge is 0.474 e. The van der Waals surface area contributed by atoms with Gasteiger partial charge < -0.3 is 28.5 Å². The highest BCUT2D eigenvalue weighted by Crippen LogP contribution is 2.32. The van der Waals surface area contributed by atoms with Gasteiger partial charge in [0.1, 0.15) is 18.4 Å². The maximum atomic E-state index is 12.8. The summed E-state index contributed by atoms with van der Waals surface area (Å²) in [5.74, 6) is 1.21. The Morgan fingerprint density at radius 3 is 2.88 bits per heavy atom. The van der Waals surface area contributed by atoms with Gasteiger partial charge in [0.2, 0.25) is 23.4 Å². The first-order valence-electron chi connectivity index (χ1n) is 10.3. The third-order valence-electron chi connectivity index (χ3n) is 5.16. The molecule has 1 fully saturated rings. The van der Waals surface area contributed by atoms with E-state index in [1.807, 2.05) is 4.90 Å². The summed E-state index contributed by atoms with van der Waals surface area (Å²) in [6, 6.07) is 9.02. The van der Waals surface area contributed by atoms with Crippen LogP contribution in [0.25, 0.3) is 11.7 Å². The Morgan fingerprint density at radius 2 is 2.16 bits per heavy atom. The first-order chi connectivity index (χ1) is 15.7. The Kier molecular flexibility index (Phi) is 6.67. The molecule has 3 aromatic rings. The molecular formula is C22H23N5O5. The van der Waals surface area contributed by atoms with Crippen molar-refractivity contribution in [2.45, 2.75) is 12.8 Å². The molecule has 0 bridgehead atoms. The molecule has 1 aliphatic heterocycles. The lowest BCUT2D eigenvalue weighted by molar-refractivity contribution is -0.120. The number of pyridine rings is 1. The van der Waals surface area contributed by atoms with Crippen molar-refractivity contribution in [1.82, 2.24) is 9.97 Å². The molecule has 166 valence electrons. The number of nitrogens with zero attached hydrogens (tertiary/aromatic N) is 4. The minimum atomic E-state index is -0.184. The van der Waals surface area contributed by atoms with Gasteiger partial charge in [0.05, 0.1) is 12.9 Å². The van der Waals surface area contributed by atoms with Gasteiger partial charge in [-0.2, -0.15) is 10.2 Å². The average Bonchev–Trinajstić information content (AvgIpc) is 3.50. The molecule has 0 aromatic carbocycles. The number of rotatable bonds is 8. The highest BCUT2D eigenvalue weighted by molar-refractivity contribution is 5.93. The van der Waals surface area contributed by atoms with E-state index in [9.17, 15) is 10.1 Å². The Bertz CT molecular complexity index is 1080. The van der Waals surface area contributed by atoms with Crippen LogP contribution in [0.15, 0.2) is 45.6 Å². The van der Waals surface area contributed by atoms with Crippen LogP contribution in [-0.2, 0) is 9.53 Å². The summed E-state index contributed by atoms with van der Waals surface area (Å²) in [5.41, 5.74) is 0.730. The molecule has 1 aliphatic rings. The number of carbonyl (C=O) groups is 1. The fourth-order valence-electron chi connectivity index (χ4n) is 3.51. The smallest absolute Gasteiger partial charge is 0.266 e. The van der Waals surface area contributed by atoms with Crippen molar-refractivity contribution in [3.8, 4) is 23.6 Å². The number of nitriles is 1. The Hall–Kier alpha value is -3.84. The van der Waals surface area contributed by atoms with Crippen LogP contribution < -0.4 is 15.0 Å². The highest BCUT2D eigenvalue weighted by atomic mass is 16.5. The van der Waals surface area contributed by atoms with Gasteiger partial charge in [-0.1, -0.05) is 0 Å². The lowest BCUT2D eigenvalue weighted by atomic mass is 9.96. The van der Waals surface area contributed by atoms with Crippen LogP contribution in [0.2, 0.25) is 0 Å². The normalized spacial score (nSPS) is 14.2. The lowest BCUT2D eigenvalue weighted by Crippen LogP contribution is -2.38. The molecule has 4 rings (SSSR count). The predicted molar refractivity (Wildman–Crippen MR) is 114 cm³/mol. The zero-order valence-corrected chi connectivity index (χ0v) is 17.6. The fourth-order valence-corrected chi connectivity index (χ4v) is 3.51. The molecule has 0 spiro atoms. The van der Waals surface area contributed by atoms with E-state index >= 15 is 0 Å². The molecule has 0 unspecified atom stereocenters. The summed E-state index contributed by atoms with van der Waals surface area (Å²) in [5, 5.41) is 12.4. The lowest BCUT2D eigenvalue weighted by Gasteiger charge is -2.31. The second-order valence-corrected chi connectivity index (χ2v) is 7.21. The van der Waals surface area contributed by atoms with E-state index in [-0.39, 0.29) is 23.4 Å². The van der Waals surface area contributed by atoms with Crippen molar-refractivity contribution in [2.75, 3.05) is 43.6 Å². The summed E-state index contributed by atoms with van der Waals surface area (Å²) in [4.78, 5) is 23.2. The average molecular weight is 437 g/mol. The summed E-state index contributed by atoms with van der Waals surface area (Å²) in [7, 11) is 1.59. The van der Waals surface area contributed by atoms with Crippen LogP contribution in [0, 0.1) is 17.2 Å².